The Kier molecular flexibility index (Phi) is 26.3. The number of aliphatic hydroxyl groups excluding tert-OH is 1. The van der Waals surface area contributed by atoms with Gasteiger partial charge in [-0.15, -0.1) is 0 Å². The number of ether oxygens (including phenoxy) is 15. The van der Waals surface area contributed by atoms with E-state index < -0.39 is 172 Å². The van der Waals surface area contributed by atoms with E-state index in [1.165, 1.54) is 182 Å². The summed E-state index contributed by atoms with van der Waals surface area (Å²) in [6.07, 6.45) is -30.1. The third kappa shape index (κ3) is 19.9. The topological polar surface area (TPSA) is 329 Å². The molecular formula is C88H72O26. The van der Waals surface area contributed by atoms with Gasteiger partial charge in [-0.2, -0.15) is 0 Å². The fourth-order valence-electron chi connectivity index (χ4n) is 12.6. The third-order valence-corrected chi connectivity index (χ3v) is 18.3. The van der Waals surface area contributed by atoms with Crippen molar-refractivity contribution in [2.75, 3.05) is 19.8 Å². The summed E-state index contributed by atoms with van der Waals surface area (Å²) in [5.74, 6) is -10.5. The second-order valence-corrected chi connectivity index (χ2v) is 25.9. The molecule has 114 heavy (non-hydrogen) atoms. The smallest absolute Gasteiger partial charge is 0.338 e. The van der Waals surface area contributed by atoms with Crippen LogP contribution in [-0.4, -0.2) is 177 Å². The molecule has 13 rings (SSSR count). The molecule has 15 atom stereocenters. The normalized spacial score (nSPS) is 22.9. The Hall–Kier alpha value is -13.3. The lowest BCUT2D eigenvalue weighted by molar-refractivity contribution is -0.337. The van der Waals surface area contributed by atoms with Crippen molar-refractivity contribution in [3.05, 3.63) is 359 Å². The van der Waals surface area contributed by atoms with Gasteiger partial charge in [0, 0.05) is 0 Å². The van der Waals surface area contributed by atoms with Crippen molar-refractivity contribution in [1.29, 1.82) is 0 Å². The van der Waals surface area contributed by atoms with E-state index in [2.05, 4.69) is 0 Å². The lowest BCUT2D eigenvalue weighted by Gasteiger charge is -2.47. The van der Waals surface area contributed by atoms with Crippen LogP contribution >= 0.6 is 0 Å². The molecule has 3 heterocycles. The van der Waals surface area contributed by atoms with Gasteiger partial charge in [0.1, 0.15) is 24.9 Å². The van der Waals surface area contributed by atoms with Gasteiger partial charge in [-0.1, -0.05) is 182 Å². The summed E-state index contributed by atoms with van der Waals surface area (Å²) in [6.45, 7) is -2.78. The minimum atomic E-state index is -2.25. The van der Waals surface area contributed by atoms with E-state index in [1.807, 2.05) is 0 Å². The summed E-state index contributed by atoms with van der Waals surface area (Å²) >= 11 is 0. The highest BCUT2D eigenvalue weighted by Crippen LogP contribution is 2.38. The molecule has 1 N–H and O–H groups in total. The van der Waals surface area contributed by atoms with Gasteiger partial charge in [0.15, 0.2) is 73.8 Å². The Morgan fingerprint density at radius 3 is 0.623 bits per heavy atom. The molecule has 10 aromatic carbocycles. The van der Waals surface area contributed by atoms with Crippen molar-refractivity contribution in [2.45, 2.75) is 92.1 Å². The first-order valence-corrected chi connectivity index (χ1v) is 36.0. The second kappa shape index (κ2) is 38.1. The predicted octanol–water partition coefficient (Wildman–Crippen LogP) is 11.1. The molecule has 26 heteroatoms. The highest BCUT2D eigenvalue weighted by Gasteiger charge is 2.59. The minimum Gasteiger partial charge on any atom is -0.459 e. The maximum Gasteiger partial charge on any atom is 0.338 e. The molecule has 10 aromatic rings. The maximum atomic E-state index is 15.0. The van der Waals surface area contributed by atoms with E-state index in [0.717, 1.165) is 0 Å². The fourth-order valence-corrected chi connectivity index (χ4v) is 12.6. The number of hydrogen-bond donors (Lipinski definition) is 1. The largest absolute Gasteiger partial charge is 0.459 e. The number of hydrogen-bond acceptors (Lipinski definition) is 26. The molecular weight excluding hydrogens is 1470 g/mol. The number of carbonyl (C=O) groups is 10. The molecule has 580 valence electrons. The molecule has 0 spiro atoms. The fraction of sp³-hybridized carbons (Fsp3) is 0.205. The monoisotopic (exact) mass is 1540 g/mol. The van der Waals surface area contributed by atoms with Gasteiger partial charge < -0.3 is 76.2 Å². The molecule has 3 saturated heterocycles. The van der Waals surface area contributed by atoms with Gasteiger partial charge in [0.05, 0.1) is 68.8 Å². The molecule has 0 aliphatic carbocycles. The average Bonchev–Trinajstić information content (AvgIpc) is 0.758. The summed E-state index contributed by atoms with van der Waals surface area (Å²) in [5.41, 5.74) is -0.345. The zero-order valence-electron chi connectivity index (χ0n) is 60.3. The summed E-state index contributed by atoms with van der Waals surface area (Å²) in [7, 11) is 0. The second-order valence-electron chi connectivity index (χ2n) is 25.9. The van der Waals surface area contributed by atoms with Crippen LogP contribution in [0.1, 0.15) is 104 Å². The predicted molar refractivity (Wildman–Crippen MR) is 398 cm³/mol. The number of benzene rings is 10. The molecule has 0 radical (unpaired) electrons. The van der Waals surface area contributed by atoms with Crippen molar-refractivity contribution in [3.63, 3.8) is 0 Å². The first-order valence-electron chi connectivity index (χ1n) is 36.0. The van der Waals surface area contributed by atoms with Gasteiger partial charge in [-0.3, -0.25) is 0 Å². The Labute approximate surface area is 651 Å². The van der Waals surface area contributed by atoms with E-state index in [-0.39, 0.29) is 55.6 Å². The van der Waals surface area contributed by atoms with Crippen LogP contribution in [0.25, 0.3) is 0 Å². The Morgan fingerprint density at radius 2 is 0.386 bits per heavy atom. The molecule has 0 bridgehead atoms. The van der Waals surface area contributed by atoms with Gasteiger partial charge in [0.25, 0.3) is 0 Å². The number of rotatable bonds is 27. The Balaban J connectivity index is 0.937. The summed E-state index contributed by atoms with van der Waals surface area (Å²) in [4.78, 5) is 146. The van der Waals surface area contributed by atoms with E-state index in [0.29, 0.717) is 0 Å². The highest BCUT2D eigenvalue weighted by atomic mass is 16.8. The maximum absolute atomic E-state index is 15.0. The quantitative estimate of drug-likeness (QED) is 0.0369. The number of aliphatic hydroxyl groups is 1. The minimum absolute atomic E-state index is 0.00533. The van der Waals surface area contributed by atoms with Crippen LogP contribution < -0.4 is 0 Å². The Morgan fingerprint density at radius 1 is 0.211 bits per heavy atom. The number of esters is 10. The van der Waals surface area contributed by atoms with Crippen molar-refractivity contribution < 1.29 is 124 Å². The van der Waals surface area contributed by atoms with Crippen LogP contribution in [0.3, 0.4) is 0 Å². The summed E-state index contributed by atoms with van der Waals surface area (Å²) < 4.78 is 96.0. The zero-order valence-corrected chi connectivity index (χ0v) is 60.3. The standard InChI is InChI=1S/C88H72O26/c89-76(54-31-11-1-12-32-54)100-51-65-68(107-78(91)56-35-15-3-16-36-56)71(110-81(94)59-41-21-6-22-42-59)74(113-84(97)62-47-27-9-28-48-62)88(104-65)102-53-66-69(108-79(92)57-37-17-4-18-38-57)72(111-82(95)60-43-23-7-24-44-60)75(114-85(98)63-49-29-10-30-50-63)87(105-66)101-52-64-67(106-77(90)55-33-13-2-14-34-55)70(109-80(93)58-39-19-5-20-40-58)73(86(99)103-64)112-83(96)61-45-25-8-26-46-61/h1-50,64-75,86-88,99H,51-53H2/t64-,65-,66-,67-,68-,69-,70+,71+,72+,73-,74-,75-,86?,87-,88-/m1/s1. The molecule has 0 aromatic heterocycles. The Bertz CT molecular complexity index is 4900. The molecule has 3 fully saturated rings. The third-order valence-electron chi connectivity index (χ3n) is 18.3. The average molecular weight is 1550 g/mol. The zero-order chi connectivity index (χ0) is 79.3. The van der Waals surface area contributed by atoms with Crippen molar-refractivity contribution in [3.8, 4) is 0 Å². The van der Waals surface area contributed by atoms with Crippen LogP contribution in [-0.2, 0) is 71.1 Å². The molecule has 26 nitrogen and oxygen atoms in total. The molecule has 1 unspecified atom stereocenters. The van der Waals surface area contributed by atoms with Gasteiger partial charge >= 0.3 is 59.7 Å². The van der Waals surface area contributed by atoms with Crippen molar-refractivity contribution in [2.24, 2.45) is 0 Å². The SMILES string of the molecule is O=C(OC[C@H]1O[C@@H](OC[C@H]2O[C@@H](OC[C@H]3OC(O)[C@H](OC(=O)c4ccccc4)[C@@H](OC(=O)c4ccccc4)[C@@H]3OC(=O)c3ccccc3)[C@H](OC(=O)c3ccccc3)[C@@H](OC(=O)c3ccccc3)[C@@H]2OC(=O)c2ccccc2)[C@H](OC(=O)c2ccccc2)[C@@H](OC(=O)c2ccccc2)[C@@H]1OC(=O)c1ccccc1)c1ccccc1. The van der Waals surface area contributed by atoms with Crippen molar-refractivity contribution >= 4 is 59.7 Å². The van der Waals surface area contributed by atoms with E-state index in [1.54, 1.807) is 121 Å². The van der Waals surface area contributed by atoms with Gasteiger partial charge in [-0.25, -0.2) is 47.9 Å². The van der Waals surface area contributed by atoms with Crippen LogP contribution in [0.4, 0.5) is 0 Å². The number of carbonyl (C=O) groups excluding carboxylic acids is 10. The first kappa shape index (κ1) is 78.8. The van der Waals surface area contributed by atoms with Gasteiger partial charge in [0.2, 0.25) is 0 Å². The molecule has 3 aliphatic rings. The molecule has 3 aliphatic heterocycles. The van der Waals surface area contributed by atoms with Gasteiger partial charge in [-0.05, 0) is 121 Å². The van der Waals surface area contributed by atoms with E-state index in [4.69, 9.17) is 71.1 Å². The first-order chi connectivity index (χ1) is 55.6. The summed E-state index contributed by atoms with van der Waals surface area (Å²) in [6, 6.07) is 75.6. The van der Waals surface area contributed by atoms with Crippen LogP contribution in [0.15, 0.2) is 303 Å². The van der Waals surface area contributed by atoms with E-state index >= 15 is 4.79 Å². The lowest BCUT2D eigenvalue weighted by Crippen LogP contribution is -2.66. The summed E-state index contributed by atoms with van der Waals surface area (Å²) in [5, 5.41) is 12.3. The molecule has 0 saturated carbocycles. The highest BCUT2D eigenvalue weighted by molar-refractivity contribution is 5.95. The van der Waals surface area contributed by atoms with Crippen LogP contribution in [0.2, 0.25) is 0 Å². The van der Waals surface area contributed by atoms with Crippen LogP contribution in [0, 0.1) is 0 Å². The van der Waals surface area contributed by atoms with E-state index in [9.17, 15) is 48.3 Å². The van der Waals surface area contributed by atoms with Crippen molar-refractivity contribution in [1.82, 2.24) is 0 Å². The lowest BCUT2D eigenvalue weighted by atomic mass is 9.96. The van der Waals surface area contributed by atoms with Crippen LogP contribution in [0.5, 0.6) is 0 Å². The molecule has 0 amide bonds.